The summed E-state index contributed by atoms with van der Waals surface area (Å²) < 4.78 is 30.1. The average molecular weight is 391 g/mol. The Bertz CT molecular complexity index is 831. The Hall–Kier alpha value is -2.02. The topological polar surface area (TPSA) is 67.9 Å². The van der Waals surface area contributed by atoms with Crippen molar-refractivity contribution in [3.63, 3.8) is 0 Å². The quantitative estimate of drug-likeness (QED) is 0.858. The van der Waals surface area contributed by atoms with Gasteiger partial charge < -0.3 is 10.5 Å². The van der Waals surface area contributed by atoms with E-state index in [1.165, 1.54) is 0 Å². The van der Waals surface area contributed by atoms with Crippen LogP contribution in [-0.4, -0.2) is 35.5 Å². The fourth-order valence-electron chi connectivity index (χ4n) is 5.50. The minimum absolute atomic E-state index is 0.0856. The van der Waals surface area contributed by atoms with Crippen LogP contribution in [0.25, 0.3) is 0 Å². The number of halogens is 2. The van der Waals surface area contributed by atoms with Crippen LogP contribution in [0.2, 0.25) is 0 Å². The van der Waals surface area contributed by atoms with Crippen LogP contribution in [0.5, 0.6) is 0 Å². The molecule has 2 N–H and O–H groups in total. The highest BCUT2D eigenvalue weighted by atomic mass is 19.3. The molecule has 1 heterocycles. The van der Waals surface area contributed by atoms with Gasteiger partial charge in [0.1, 0.15) is 0 Å². The molecule has 1 aliphatic heterocycles. The average Bonchev–Trinajstić information content (AvgIpc) is 3.03. The number of rotatable bonds is 3. The van der Waals surface area contributed by atoms with Gasteiger partial charge in [0.25, 0.3) is 5.91 Å². The smallest absolute Gasteiger partial charge is 0.345 e. The number of guanidine groups is 1. The standard InChI is InChI=1S/C21H27F2N3O2/c1-12(2)26-17(27)21(25-19(26)24)16-10-13(3)4-5-14(16)11-20(21)8-6-15(7-9-20)28-18(22)23/h4-5,10,12,15,18H,6-9,11H2,1-3H3,(H2,24,25). The molecule has 0 aromatic heterocycles. The molecule has 7 heteroatoms. The lowest BCUT2D eigenvalue weighted by Crippen LogP contribution is -2.53. The summed E-state index contributed by atoms with van der Waals surface area (Å²) in [6.07, 6.45) is 2.41. The highest BCUT2D eigenvalue weighted by Gasteiger charge is 2.66. The van der Waals surface area contributed by atoms with E-state index in [1.807, 2.05) is 32.9 Å². The van der Waals surface area contributed by atoms with E-state index in [0.717, 1.165) is 16.7 Å². The van der Waals surface area contributed by atoms with Crippen LogP contribution in [0.3, 0.4) is 0 Å². The third-order valence-electron chi connectivity index (χ3n) is 6.71. The molecule has 1 saturated carbocycles. The molecule has 1 amide bonds. The Morgan fingerprint density at radius 3 is 2.54 bits per heavy atom. The maximum absolute atomic E-state index is 13.8. The third-order valence-corrected chi connectivity index (χ3v) is 6.71. The molecule has 0 radical (unpaired) electrons. The van der Waals surface area contributed by atoms with Crippen molar-refractivity contribution in [2.24, 2.45) is 16.1 Å². The van der Waals surface area contributed by atoms with Crippen LogP contribution in [0.15, 0.2) is 23.2 Å². The van der Waals surface area contributed by atoms with E-state index in [4.69, 9.17) is 15.5 Å². The summed E-state index contributed by atoms with van der Waals surface area (Å²) in [6, 6.07) is 6.06. The molecule has 0 saturated heterocycles. The number of carbonyl (C=O) groups excluding carboxylic acids is 1. The van der Waals surface area contributed by atoms with Gasteiger partial charge in [-0.2, -0.15) is 8.78 Å². The SMILES string of the molecule is Cc1ccc2c(c1)C1(N=C(N)N(C(C)C)C1=O)C1(CCC(OC(F)F)CC1)C2. The van der Waals surface area contributed by atoms with Crippen LogP contribution < -0.4 is 5.73 Å². The number of amides is 1. The van der Waals surface area contributed by atoms with Crippen LogP contribution >= 0.6 is 0 Å². The number of fused-ring (bicyclic) bond motifs is 3. The fraction of sp³-hybridized carbons (Fsp3) is 0.619. The largest absolute Gasteiger partial charge is 0.369 e. The number of ether oxygens (including phenoxy) is 1. The summed E-state index contributed by atoms with van der Waals surface area (Å²) in [5, 5.41) is 0. The fourth-order valence-corrected chi connectivity index (χ4v) is 5.50. The lowest BCUT2D eigenvalue weighted by Gasteiger charge is -2.45. The summed E-state index contributed by atoms with van der Waals surface area (Å²) >= 11 is 0. The van der Waals surface area contributed by atoms with Crippen LogP contribution in [0.4, 0.5) is 8.78 Å². The summed E-state index contributed by atoms with van der Waals surface area (Å²) in [7, 11) is 0. The third kappa shape index (κ3) is 2.59. The minimum atomic E-state index is -2.77. The highest BCUT2D eigenvalue weighted by Crippen LogP contribution is 2.62. The molecule has 1 fully saturated rings. The number of hydrogen-bond acceptors (Lipinski definition) is 4. The molecule has 1 aromatic rings. The van der Waals surface area contributed by atoms with E-state index in [1.54, 1.807) is 4.90 Å². The van der Waals surface area contributed by atoms with Crippen molar-refractivity contribution in [3.8, 4) is 0 Å². The Morgan fingerprint density at radius 2 is 1.96 bits per heavy atom. The highest BCUT2D eigenvalue weighted by molar-refractivity contribution is 6.08. The van der Waals surface area contributed by atoms with Gasteiger partial charge >= 0.3 is 6.61 Å². The molecule has 1 atom stereocenters. The molecule has 4 rings (SSSR count). The summed E-state index contributed by atoms with van der Waals surface area (Å²) in [5.41, 5.74) is 7.83. The maximum atomic E-state index is 13.8. The zero-order valence-corrected chi connectivity index (χ0v) is 16.5. The molecule has 3 aliphatic rings. The van der Waals surface area contributed by atoms with E-state index in [9.17, 15) is 13.6 Å². The first-order chi connectivity index (χ1) is 13.2. The van der Waals surface area contributed by atoms with Gasteiger partial charge in [0.2, 0.25) is 0 Å². The van der Waals surface area contributed by atoms with E-state index >= 15 is 0 Å². The van der Waals surface area contributed by atoms with Gasteiger partial charge in [-0.3, -0.25) is 9.69 Å². The normalized spacial score (nSPS) is 32.1. The molecular weight excluding hydrogens is 364 g/mol. The number of nitrogens with two attached hydrogens (primary N) is 1. The second kappa shape index (κ2) is 6.51. The van der Waals surface area contributed by atoms with Crippen molar-refractivity contribution in [1.29, 1.82) is 0 Å². The summed E-state index contributed by atoms with van der Waals surface area (Å²) in [6.45, 7) is 3.07. The number of benzene rings is 1. The Morgan fingerprint density at radius 1 is 1.29 bits per heavy atom. The second-order valence-electron chi connectivity index (χ2n) is 8.66. The van der Waals surface area contributed by atoms with Crippen LogP contribution in [-0.2, 0) is 21.5 Å². The molecule has 152 valence electrons. The number of alkyl halides is 2. The van der Waals surface area contributed by atoms with Gasteiger partial charge in [-0.1, -0.05) is 23.8 Å². The van der Waals surface area contributed by atoms with Crippen molar-refractivity contribution in [2.45, 2.75) is 77.2 Å². The van der Waals surface area contributed by atoms with E-state index in [-0.39, 0.29) is 17.9 Å². The van der Waals surface area contributed by atoms with E-state index in [2.05, 4.69) is 6.07 Å². The van der Waals surface area contributed by atoms with Gasteiger partial charge in [-0.05, 0) is 64.0 Å². The van der Waals surface area contributed by atoms with Gasteiger partial charge in [0.05, 0.1) is 6.10 Å². The number of carbonyl (C=O) groups is 1. The number of hydrogen-bond donors (Lipinski definition) is 1. The Kier molecular flexibility index (Phi) is 4.49. The van der Waals surface area contributed by atoms with Crippen LogP contribution in [0.1, 0.15) is 56.2 Å². The first-order valence-corrected chi connectivity index (χ1v) is 9.93. The first kappa shape index (κ1) is 19.3. The van der Waals surface area contributed by atoms with Crippen molar-refractivity contribution in [1.82, 2.24) is 4.90 Å². The number of aliphatic imine (C=N–C) groups is 1. The predicted octanol–water partition coefficient (Wildman–Crippen LogP) is 3.48. The lowest BCUT2D eigenvalue weighted by molar-refractivity contribution is -0.179. The lowest BCUT2D eigenvalue weighted by atomic mass is 9.61. The van der Waals surface area contributed by atoms with Crippen molar-refractivity contribution < 1.29 is 18.3 Å². The molecule has 5 nitrogen and oxygen atoms in total. The Balaban J connectivity index is 1.80. The van der Waals surface area contributed by atoms with Gasteiger partial charge in [-0.15, -0.1) is 0 Å². The van der Waals surface area contributed by atoms with Crippen molar-refractivity contribution in [3.05, 3.63) is 34.9 Å². The molecule has 0 bridgehead atoms. The predicted molar refractivity (Wildman–Crippen MR) is 102 cm³/mol. The summed E-state index contributed by atoms with van der Waals surface area (Å²) in [4.78, 5) is 20.2. The number of nitrogens with zero attached hydrogens (tertiary/aromatic N) is 2. The Labute approximate surface area is 163 Å². The van der Waals surface area contributed by atoms with Gasteiger partial charge in [0.15, 0.2) is 11.5 Å². The zero-order chi connectivity index (χ0) is 20.3. The zero-order valence-electron chi connectivity index (χ0n) is 16.5. The molecule has 1 aromatic carbocycles. The number of aryl methyl sites for hydroxylation is 1. The minimum Gasteiger partial charge on any atom is -0.369 e. The molecule has 1 unspecified atom stereocenters. The second-order valence-corrected chi connectivity index (χ2v) is 8.66. The van der Waals surface area contributed by atoms with E-state index in [0.29, 0.717) is 32.1 Å². The van der Waals surface area contributed by atoms with Gasteiger partial charge in [-0.25, -0.2) is 4.99 Å². The monoisotopic (exact) mass is 391 g/mol. The van der Waals surface area contributed by atoms with Crippen molar-refractivity contribution >= 4 is 11.9 Å². The molecule has 2 aliphatic carbocycles. The van der Waals surface area contributed by atoms with Crippen LogP contribution in [0, 0.1) is 12.3 Å². The molecule has 28 heavy (non-hydrogen) atoms. The van der Waals surface area contributed by atoms with Gasteiger partial charge in [0, 0.05) is 11.5 Å². The molecular formula is C21H27F2N3O2. The first-order valence-electron chi connectivity index (χ1n) is 9.93. The molecule has 2 spiro atoms. The maximum Gasteiger partial charge on any atom is 0.345 e. The van der Waals surface area contributed by atoms with Crippen molar-refractivity contribution in [2.75, 3.05) is 0 Å². The van der Waals surface area contributed by atoms with E-state index < -0.39 is 23.7 Å². The summed E-state index contributed by atoms with van der Waals surface area (Å²) in [5.74, 6) is 0.164.